The quantitative estimate of drug-likeness (QED) is 0.215. The molecule has 8 heteroatoms. The van der Waals surface area contributed by atoms with E-state index in [1.807, 2.05) is 84.9 Å². The highest BCUT2D eigenvalue weighted by atomic mass is 16.4. The smallest absolute Gasteiger partial charge is 0.326 e. The third kappa shape index (κ3) is 6.83. The highest BCUT2D eigenvalue weighted by molar-refractivity contribution is 5.92. The fourth-order valence-corrected chi connectivity index (χ4v) is 4.33. The molecule has 0 radical (unpaired) electrons. The third-order valence-electron chi connectivity index (χ3n) is 6.32. The summed E-state index contributed by atoms with van der Waals surface area (Å²) in [7, 11) is 0. The van der Waals surface area contributed by atoms with Crippen LogP contribution in [0.2, 0.25) is 0 Å². The predicted molar refractivity (Wildman–Crippen MR) is 140 cm³/mol. The number of aliphatic carboxylic acids is 1. The first-order valence-electron chi connectivity index (χ1n) is 12.2. The molecule has 8 nitrogen and oxygen atoms in total. The van der Waals surface area contributed by atoms with Crippen molar-refractivity contribution in [3.63, 3.8) is 0 Å². The molecule has 7 N–H and O–H groups in total. The van der Waals surface area contributed by atoms with Gasteiger partial charge in [-0.1, -0.05) is 78.9 Å². The number of rotatable bonds is 11. The molecular weight excluding hydrogens is 468 g/mol. The number of aromatic amines is 1. The molecule has 37 heavy (non-hydrogen) atoms. The molecule has 0 aliphatic heterocycles. The maximum Gasteiger partial charge on any atom is 0.326 e. The van der Waals surface area contributed by atoms with Crippen molar-refractivity contribution in [2.45, 2.75) is 37.4 Å². The molecule has 2 amide bonds. The lowest BCUT2D eigenvalue weighted by Crippen LogP contribution is -2.70. The van der Waals surface area contributed by atoms with Crippen LogP contribution in [0, 0.1) is 0 Å². The summed E-state index contributed by atoms with van der Waals surface area (Å²) in [5.74, 6) is -2.08. The van der Waals surface area contributed by atoms with E-state index in [0.717, 1.165) is 27.6 Å². The summed E-state index contributed by atoms with van der Waals surface area (Å²) in [6, 6.07) is 23.6. The lowest BCUT2D eigenvalue weighted by molar-refractivity contribution is -0.403. The van der Waals surface area contributed by atoms with Gasteiger partial charge in [0, 0.05) is 36.4 Å². The number of quaternary nitrogens is 1. The SMILES string of the molecule is [NH3+][C@@H](Cc1ccccc1)C(=O)N[C@@H](Cc1c[nH]c2ccccc12)C(=O)N[C@@H](Cc1ccccc1)C(=O)O. The monoisotopic (exact) mass is 499 g/mol. The number of fused-ring (bicyclic) bond motifs is 1. The number of carbonyl (C=O) groups is 3. The first kappa shape index (κ1) is 25.7. The Hall–Kier alpha value is -4.43. The molecule has 0 bridgehead atoms. The molecule has 1 aromatic heterocycles. The number of carbonyl (C=O) groups excluding carboxylic acids is 2. The standard InChI is InChI=1S/C29H30N4O4/c30-23(15-19-9-3-1-4-10-19)27(34)32-25(17-21-18-31-24-14-8-7-13-22(21)24)28(35)33-26(29(36)37)16-20-11-5-2-6-12-20/h1-14,18,23,25-26,31H,15-17,30H2,(H,32,34)(H,33,35)(H,36,37)/p+1/t23-,25-,26-/m0/s1. The first-order valence-corrected chi connectivity index (χ1v) is 12.2. The van der Waals surface area contributed by atoms with Crippen LogP contribution in [-0.4, -0.2) is 46.0 Å². The van der Waals surface area contributed by atoms with Crippen molar-refractivity contribution >= 4 is 28.7 Å². The summed E-state index contributed by atoms with van der Waals surface area (Å²) in [5, 5.41) is 16.2. The van der Waals surface area contributed by atoms with Crippen LogP contribution in [0.3, 0.4) is 0 Å². The zero-order chi connectivity index (χ0) is 26.2. The highest BCUT2D eigenvalue weighted by Crippen LogP contribution is 2.19. The summed E-state index contributed by atoms with van der Waals surface area (Å²) < 4.78 is 0. The second-order valence-electron chi connectivity index (χ2n) is 9.10. The van der Waals surface area contributed by atoms with Gasteiger partial charge in [0.15, 0.2) is 6.04 Å². The third-order valence-corrected chi connectivity index (χ3v) is 6.32. The Morgan fingerprint density at radius 2 is 1.30 bits per heavy atom. The van der Waals surface area contributed by atoms with Crippen molar-refractivity contribution in [1.82, 2.24) is 15.6 Å². The minimum Gasteiger partial charge on any atom is -0.480 e. The van der Waals surface area contributed by atoms with Gasteiger partial charge >= 0.3 is 5.97 Å². The van der Waals surface area contributed by atoms with Gasteiger partial charge < -0.3 is 26.5 Å². The van der Waals surface area contributed by atoms with Crippen molar-refractivity contribution in [2.75, 3.05) is 0 Å². The van der Waals surface area contributed by atoms with Gasteiger partial charge in [0.2, 0.25) is 5.91 Å². The summed E-state index contributed by atoms with van der Waals surface area (Å²) in [5.41, 5.74) is 7.49. The number of carboxylic acid groups (broad SMARTS) is 1. The van der Waals surface area contributed by atoms with Gasteiger partial charge in [0.05, 0.1) is 0 Å². The molecule has 3 atom stereocenters. The molecule has 0 unspecified atom stereocenters. The number of benzene rings is 3. The number of nitrogens with one attached hydrogen (secondary N) is 3. The van der Waals surface area contributed by atoms with E-state index in [1.165, 1.54) is 0 Å². The molecule has 4 aromatic rings. The van der Waals surface area contributed by atoms with Gasteiger partial charge in [-0.05, 0) is 22.8 Å². The molecule has 190 valence electrons. The van der Waals surface area contributed by atoms with Crippen LogP contribution in [0.4, 0.5) is 0 Å². The number of H-pyrrole nitrogens is 1. The minimum absolute atomic E-state index is 0.127. The number of carboxylic acids is 1. The fraction of sp³-hybridized carbons (Fsp3) is 0.207. The fourth-order valence-electron chi connectivity index (χ4n) is 4.33. The van der Waals surface area contributed by atoms with E-state index >= 15 is 0 Å². The molecule has 1 heterocycles. The minimum atomic E-state index is -1.14. The Bertz CT molecular complexity index is 1350. The van der Waals surface area contributed by atoms with Gasteiger partial charge in [-0.3, -0.25) is 9.59 Å². The maximum absolute atomic E-state index is 13.4. The molecule has 0 spiro atoms. The average Bonchev–Trinajstić information content (AvgIpc) is 3.31. The highest BCUT2D eigenvalue weighted by Gasteiger charge is 2.30. The molecule has 0 fully saturated rings. The van der Waals surface area contributed by atoms with E-state index in [4.69, 9.17) is 0 Å². The van der Waals surface area contributed by atoms with Crippen molar-refractivity contribution in [1.29, 1.82) is 0 Å². The largest absolute Gasteiger partial charge is 0.480 e. The lowest BCUT2D eigenvalue weighted by atomic mass is 10.0. The van der Waals surface area contributed by atoms with Crippen molar-refractivity contribution in [2.24, 2.45) is 0 Å². The van der Waals surface area contributed by atoms with E-state index in [2.05, 4.69) is 21.4 Å². The lowest BCUT2D eigenvalue weighted by Gasteiger charge is -2.22. The van der Waals surface area contributed by atoms with Crippen LogP contribution in [-0.2, 0) is 33.6 Å². The van der Waals surface area contributed by atoms with Gasteiger partial charge in [0.25, 0.3) is 5.91 Å². The maximum atomic E-state index is 13.4. The van der Waals surface area contributed by atoms with Gasteiger partial charge in [0.1, 0.15) is 12.1 Å². The topological polar surface area (TPSA) is 139 Å². The summed E-state index contributed by atoms with van der Waals surface area (Å²) in [6.07, 6.45) is 2.54. The Kier molecular flexibility index (Phi) is 8.33. The van der Waals surface area contributed by atoms with Crippen molar-refractivity contribution in [3.8, 4) is 0 Å². The van der Waals surface area contributed by atoms with Crippen molar-refractivity contribution in [3.05, 3.63) is 108 Å². The van der Waals surface area contributed by atoms with E-state index in [9.17, 15) is 19.5 Å². The molecule has 3 aromatic carbocycles. The average molecular weight is 500 g/mol. The second-order valence-corrected chi connectivity index (χ2v) is 9.10. The number of hydrogen-bond acceptors (Lipinski definition) is 3. The van der Waals surface area contributed by atoms with Crippen LogP contribution in [0.1, 0.15) is 16.7 Å². The summed E-state index contributed by atoms with van der Waals surface area (Å²) in [6.45, 7) is 0. The molecule has 4 rings (SSSR count). The van der Waals surface area contributed by atoms with Crippen molar-refractivity contribution < 1.29 is 25.2 Å². The summed E-state index contributed by atoms with van der Waals surface area (Å²) >= 11 is 0. The van der Waals surface area contributed by atoms with Crippen LogP contribution in [0.5, 0.6) is 0 Å². The van der Waals surface area contributed by atoms with E-state index in [1.54, 1.807) is 6.20 Å². The van der Waals surface area contributed by atoms with E-state index < -0.39 is 30.0 Å². The van der Waals surface area contributed by atoms with Crippen LogP contribution in [0.25, 0.3) is 10.9 Å². The molecule has 0 saturated carbocycles. The molecular formula is C29H31N4O4+. The number of amides is 2. The number of aromatic nitrogens is 1. The second kappa shape index (κ2) is 12.0. The van der Waals surface area contributed by atoms with E-state index in [-0.39, 0.29) is 18.7 Å². The van der Waals surface area contributed by atoms with Gasteiger partial charge in [-0.25, -0.2) is 4.79 Å². The molecule has 0 saturated heterocycles. The first-order chi connectivity index (χ1) is 17.9. The van der Waals surface area contributed by atoms with Gasteiger partial charge in [-0.2, -0.15) is 0 Å². The Balaban J connectivity index is 1.53. The Labute approximate surface area is 214 Å². The summed E-state index contributed by atoms with van der Waals surface area (Å²) in [4.78, 5) is 41.6. The zero-order valence-electron chi connectivity index (χ0n) is 20.4. The van der Waals surface area contributed by atoms with Crippen LogP contribution in [0.15, 0.2) is 91.1 Å². The number of para-hydroxylation sites is 1. The molecule has 0 aliphatic rings. The van der Waals surface area contributed by atoms with Crippen LogP contribution >= 0.6 is 0 Å². The predicted octanol–water partition coefficient (Wildman–Crippen LogP) is 1.86. The zero-order valence-corrected chi connectivity index (χ0v) is 20.4. The Morgan fingerprint density at radius 1 is 0.730 bits per heavy atom. The molecule has 0 aliphatic carbocycles. The van der Waals surface area contributed by atoms with Gasteiger partial charge in [-0.15, -0.1) is 0 Å². The van der Waals surface area contributed by atoms with E-state index in [0.29, 0.717) is 6.42 Å². The van der Waals surface area contributed by atoms with Crippen LogP contribution < -0.4 is 16.4 Å². The normalized spacial score (nSPS) is 13.4. The number of hydrogen-bond donors (Lipinski definition) is 5. The Morgan fingerprint density at radius 3 is 1.95 bits per heavy atom.